The molecule has 1 aliphatic rings. The molecule has 6 heteroatoms. The minimum atomic E-state index is -0.348. The van der Waals surface area contributed by atoms with E-state index < -0.39 is 0 Å². The fourth-order valence-corrected chi connectivity index (χ4v) is 9.80. The van der Waals surface area contributed by atoms with Crippen LogP contribution in [0.5, 0.6) is 0 Å². The Morgan fingerprint density at radius 3 is 0.958 bits per heavy atom. The summed E-state index contributed by atoms with van der Waals surface area (Å²) in [6.07, 6.45) is 15.2. The van der Waals surface area contributed by atoms with Gasteiger partial charge in [-0.2, -0.15) is 30.4 Å². The van der Waals surface area contributed by atoms with E-state index in [4.69, 9.17) is 9.30 Å². The SMILES string of the molecule is C=[C-]c1ccc(C)cc1.[C-]#[O+].[C-]#[O+].[CH]1[CH][CH][CH][CH]1.[Mo].[Pt].c1ccc(P(CCP(c2ccccc2)c2ccccc2)c2ccccc2)cc1. The largest absolute Gasteiger partial charge is 0.0622 e. The topological polar surface area (TPSA) is 39.8 Å². The third-order valence-corrected chi connectivity index (χ3v) is 12.0. The van der Waals surface area contributed by atoms with Gasteiger partial charge in [-0.3, -0.25) is 0 Å². The van der Waals surface area contributed by atoms with Crippen molar-refractivity contribution in [1.29, 1.82) is 0 Å². The summed E-state index contributed by atoms with van der Waals surface area (Å²) in [6.45, 7) is 14.6. The summed E-state index contributed by atoms with van der Waals surface area (Å²) in [7, 11) is -0.696. The quantitative estimate of drug-likeness (QED) is 0.0649. The molecule has 0 N–H and O–H groups in total. The van der Waals surface area contributed by atoms with Gasteiger partial charge in [-0.25, -0.2) is 0 Å². The maximum absolute atomic E-state index is 7.50. The zero-order valence-corrected chi connectivity index (χ0v) is 32.9. The number of hydrogen-bond donors (Lipinski definition) is 0. The van der Waals surface area contributed by atoms with Gasteiger partial charge in [-0.15, -0.1) is 12.1 Å². The van der Waals surface area contributed by atoms with Crippen molar-refractivity contribution in [3.8, 4) is 0 Å². The zero-order valence-electron chi connectivity index (χ0n) is 26.8. The summed E-state index contributed by atoms with van der Waals surface area (Å²) in [5.74, 6) is 0. The Hall–Kier alpha value is -2.44. The first-order valence-electron chi connectivity index (χ1n) is 14.7. The molecule has 48 heavy (non-hydrogen) atoms. The van der Waals surface area contributed by atoms with Crippen LogP contribution in [0.25, 0.3) is 0 Å². The predicted octanol–water partition coefficient (Wildman–Crippen LogP) is 8.53. The van der Waals surface area contributed by atoms with E-state index in [1.54, 1.807) is 0 Å². The second-order valence-electron chi connectivity index (χ2n) is 9.65. The van der Waals surface area contributed by atoms with E-state index in [1.165, 1.54) is 39.1 Å². The monoisotopic (exact) mass is 929 g/mol. The summed E-state index contributed by atoms with van der Waals surface area (Å²) in [6, 6.07) is 52.3. The van der Waals surface area contributed by atoms with Crippen molar-refractivity contribution in [3.63, 3.8) is 0 Å². The molecule has 5 aromatic carbocycles. The van der Waals surface area contributed by atoms with Crippen molar-refractivity contribution in [2.24, 2.45) is 0 Å². The van der Waals surface area contributed by atoms with E-state index in [0.29, 0.717) is 0 Å². The van der Waals surface area contributed by atoms with E-state index in [-0.39, 0.29) is 58.0 Å². The average Bonchev–Trinajstić information content (AvgIpc) is 3.75. The smallest absolute Gasteiger partial charge is 0 e. The molecule has 0 spiro atoms. The van der Waals surface area contributed by atoms with Gasteiger partial charge in [-0.05, 0) is 88.4 Å². The molecule has 0 aromatic heterocycles. The molecule has 2 nitrogen and oxygen atoms in total. The first kappa shape index (κ1) is 45.6. The van der Waals surface area contributed by atoms with E-state index in [2.05, 4.69) is 154 Å². The number of rotatable bonds is 8. The number of aryl methyl sites for hydroxylation is 1. The maximum Gasteiger partial charge on any atom is 0 e. The molecule has 5 aromatic rings. The molecule has 0 amide bonds. The standard InChI is InChI=1S/C26H24P2.C9H9.C5H5.2CO.Mo.Pt/c1-5-13-23(14-6-1)27(24-15-7-2-8-16-24)21-22-28(25-17-9-3-10-18-25)26-19-11-4-12-20-26;1-3-9-6-4-8(2)5-7-9;1-2-4-5-3-1;2*1-2;;/h1-20H,21-22H2;4-7H,1H2,2H3;1-5H;;;;/q;-1;;;;;. The van der Waals surface area contributed by atoms with E-state index >= 15 is 0 Å². The number of hydrogen-bond acceptors (Lipinski definition) is 0. The van der Waals surface area contributed by atoms with Crippen LogP contribution in [0.3, 0.4) is 0 Å². The molecule has 0 saturated heterocycles. The van der Waals surface area contributed by atoms with Crippen molar-refractivity contribution in [3.05, 3.63) is 215 Å². The third kappa shape index (κ3) is 17.3. The second-order valence-corrected chi connectivity index (χ2v) is 14.3. The molecule has 1 saturated carbocycles. The fourth-order valence-electron chi connectivity index (χ4n) is 4.44. The van der Waals surface area contributed by atoms with Gasteiger partial charge in [-0.1, -0.05) is 127 Å². The molecular weight excluding hydrogens is 889 g/mol. The Kier molecular flexibility index (Phi) is 28.0. The zero-order chi connectivity index (χ0) is 33.2. The normalized spacial score (nSPS) is 10.7. The van der Waals surface area contributed by atoms with Crippen molar-refractivity contribution in [2.45, 2.75) is 6.92 Å². The Morgan fingerprint density at radius 1 is 0.479 bits per heavy atom. The summed E-state index contributed by atoms with van der Waals surface area (Å²) < 4.78 is 15.0. The van der Waals surface area contributed by atoms with Crippen molar-refractivity contribution in [1.82, 2.24) is 0 Å². The predicted molar refractivity (Wildman–Crippen MR) is 196 cm³/mol. The van der Waals surface area contributed by atoms with Gasteiger partial charge in [0.15, 0.2) is 0 Å². The maximum atomic E-state index is 7.50. The van der Waals surface area contributed by atoms with Crippen molar-refractivity contribution >= 4 is 37.1 Å². The molecule has 0 heterocycles. The first-order chi connectivity index (χ1) is 22.7. The average molecular weight is 928 g/mol. The molecule has 1 aliphatic carbocycles. The summed E-state index contributed by atoms with van der Waals surface area (Å²) in [5.41, 5.74) is 2.33. The Bertz CT molecular complexity index is 1340. The summed E-state index contributed by atoms with van der Waals surface area (Å²) >= 11 is 0. The Labute approximate surface area is 320 Å². The molecule has 0 bridgehead atoms. The van der Waals surface area contributed by atoms with Crippen LogP contribution < -0.4 is 21.2 Å². The molecule has 5 radical (unpaired) electrons. The molecule has 1 fully saturated rings. The Balaban J connectivity index is 0.000000912. The Morgan fingerprint density at radius 2 is 0.729 bits per heavy atom. The van der Waals surface area contributed by atoms with Gasteiger partial charge in [0.1, 0.15) is 0 Å². The second kappa shape index (κ2) is 29.5. The van der Waals surface area contributed by atoms with Gasteiger partial charge in [0.05, 0.1) is 0 Å². The van der Waals surface area contributed by atoms with Crippen LogP contribution >= 0.6 is 15.8 Å². The number of benzene rings is 5. The molecule has 6 rings (SSSR count). The van der Waals surface area contributed by atoms with Crippen LogP contribution in [0.15, 0.2) is 152 Å². The van der Waals surface area contributed by atoms with Crippen LogP contribution in [-0.2, 0) is 51.4 Å². The van der Waals surface area contributed by atoms with Crippen LogP contribution in [0.1, 0.15) is 11.1 Å². The minimum Gasteiger partial charge on any atom is -0.0622 e. The summed E-state index contributed by atoms with van der Waals surface area (Å²) in [4.78, 5) is 0. The fraction of sp³-hybridized carbons (Fsp3) is 0.0714. The van der Waals surface area contributed by atoms with E-state index in [9.17, 15) is 0 Å². The molecule has 0 unspecified atom stereocenters. The van der Waals surface area contributed by atoms with Gasteiger partial charge in [0.2, 0.25) is 0 Å². The van der Waals surface area contributed by atoms with E-state index in [0.717, 1.165) is 5.56 Å². The van der Waals surface area contributed by atoms with Gasteiger partial charge >= 0.3 is 22.6 Å². The van der Waals surface area contributed by atoms with Gasteiger partial charge < -0.3 is 0 Å². The molecule has 0 atom stereocenters. The van der Waals surface area contributed by atoms with E-state index in [1.807, 2.05) is 56.4 Å². The molecule has 245 valence electrons. The van der Waals surface area contributed by atoms with Gasteiger partial charge in [0, 0.05) is 42.1 Å². The van der Waals surface area contributed by atoms with Gasteiger partial charge in [0.25, 0.3) is 0 Å². The van der Waals surface area contributed by atoms with Crippen LogP contribution in [0.4, 0.5) is 0 Å². The van der Waals surface area contributed by atoms with Crippen LogP contribution in [0, 0.1) is 58.4 Å². The van der Waals surface area contributed by atoms with Crippen molar-refractivity contribution < 1.29 is 51.4 Å². The third-order valence-electron chi connectivity index (χ3n) is 6.63. The first-order valence-corrected chi connectivity index (χ1v) is 17.7. The summed E-state index contributed by atoms with van der Waals surface area (Å²) in [5, 5.41) is 5.89. The van der Waals surface area contributed by atoms with Crippen LogP contribution in [0.2, 0.25) is 0 Å². The minimum absolute atomic E-state index is 0. The van der Waals surface area contributed by atoms with Crippen molar-refractivity contribution in [2.75, 3.05) is 12.3 Å². The molecule has 0 aliphatic heterocycles. The molecular formula is C42H38MoO2P2Pt-. The van der Waals surface area contributed by atoms with Crippen LogP contribution in [-0.4, -0.2) is 12.3 Å².